The molecule has 0 saturated carbocycles. The maximum absolute atomic E-state index is 13.1. The van der Waals surface area contributed by atoms with Gasteiger partial charge >= 0.3 is 0 Å². The minimum absolute atomic E-state index is 0.323. The van der Waals surface area contributed by atoms with Crippen molar-refractivity contribution in [2.45, 2.75) is 24.8 Å². The van der Waals surface area contributed by atoms with E-state index >= 15 is 0 Å². The number of hydrogen-bond donors (Lipinski definition) is 1. The number of aryl methyl sites for hydroxylation is 2. The summed E-state index contributed by atoms with van der Waals surface area (Å²) in [4.78, 5) is 0.323. The number of rotatable bonds is 5. The van der Waals surface area contributed by atoms with Gasteiger partial charge in [-0.3, -0.25) is 0 Å². The van der Waals surface area contributed by atoms with Crippen molar-refractivity contribution in [2.24, 2.45) is 0 Å². The Hall–Kier alpha value is -2.43. The van der Waals surface area contributed by atoms with Gasteiger partial charge in [-0.15, -0.1) is 0 Å². The molecule has 3 aromatic rings. The molecule has 4 heteroatoms. The molecular formula is C21H21NO2S. The van der Waals surface area contributed by atoms with Crippen molar-refractivity contribution in [1.82, 2.24) is 4.72 Å². The van der Waals surface area contributed by atoms with Crippen LogP contribution in [0.15, 0.2) is 83.8 Å². The molecule has 0 unspecified atom stereocenters. The van der Waals surface area contributed by atoms with Crippen molar-refractivity contribution in [3.63, 3.8) is 0 Å². The first kappa shape index (κ1) is 17.4. The van der Waals surface area contributed by atoms with Gasteiger partial charge < -0.3 is 0 Å². The normalized spacial score (nSPS) is 11.6. The lowest BCUT2D eigenvalue weighted by Gasteiger charge is -2.20. The SMILES string of the molecule is Cc1ccc(C)c(S(=O)(=O)NC(c2ccccc2)c2ccccc2)c1. The molecule has 128 valence electrons. The standard InChI is InChI=1S/C21H21NO2S/c1-16-13-14-17(2)20(15-16)25(23,24)22-21(18-9-5-3-6-10-18)19-11-7-4-8-12-19/h3-15,21-22H,1-2H3. The summed E-state index contributed by atoms with van der Waals surface area (Å²) in [6, 6.07) is 24.3. The van der Waals surface area contributed by atoms with E-state index in [-0.39, 0.29) is 0 Å². The second-order valence-corrected chi connectivity index (χ2v) is 7.83. The fourth-order valence-electron chi connectivity index (χ4n) is 2.83. The van der Waals surface area contributed by atoms with Crippen molar-refractivity contribution >= 4 is 10.0 Å². The molecule has 0 amide bonds. The Bertz CT molecular complexity index is 912. The van der Waals surface area contributed by atoms with Crippen LogP contribution in [0.5, 0.6) is 0 Å². The maximum Gasteiger partial charge on any atom is 0.241 e. The van der Waals surface area contributed by atoms with E-state index < -0.39 is 16.1 Å². The van der Waals surface area contributed by atoms with Crippen molar-refractivity contribution in [3.05, 3.63) is 101 Å². The van der Waals surface area contributed by atoms with Crippen molar-refractivity contribution in [3.8, 4) is 0 Å². The van der Waals surface area contributed by atoms with E-state index in [9.17, 15) is 8.42 Å². The van der Waals surface area contributed by atoms with Crippen molar-refractivity contribution < 1.29 is 8.42 Å². The van der Waals surface area contributed by atoms with Gasteiger partial charge in [0.2, 0.25) is 10.0 Å². The molecule has 0 atom stereocenters. The van der Waals surface area contributed by atoms with Crippen LogP contribution in [0.3, 0.4) is 0 Å². The lowest BCUT2D eigenvalue weighted by molar-refractivity contribution is 0.571. The smallest absolute Gasteiger partial charge is 0.207 e. The van der Waals surface area contributed by atoms with Gasteiger partial charge in [-0.05, 0) is 42.2 Å². The molecule has 0 fully saturated rings. The molecule has 3 aromatic carbocycles. The molecule has 3 rings (SSSR count). The van der Waals surface area contributed by atoms with Gasteiger partial charge in [-0.1, -0.05) is 72.8 Å². The summed E-state index contributed by atoms with van der Waals surface area (Å²) in [6.45, 7) is 3.71. The average molecular weight is 351 g/mol. The first-order valence-corrected chi connectivity index (χ1v) is 9.65. The number of sulfonamides is 1. The maximum atomic E-state index is 13.1. The summed E-state index contributed by atoms with van der Waals surface area (Å²) in [5.41, 5.74) is 3.46. The van der Waals surface area contributed by atoms with Crippen LogP contribution in [0.4, 0.5) is 0 Å². The highest BCUT2D eigenvalue weighted by Crippen LogP contribution is 2.25. The van der Waals surface area contributed by atoms with Crippen LogP contribution in [-0.2, 0) is 10.0 Å². The van der Waals surface area contributed by atoms with Gasteiger partial charge in [-0.2, -0.15) is 4.72 Å². The summed E-state index contributed by atoms with van der Waals surface area (Å²) >= 11 is 0. The molecule has 0 heterocycles. The van der Waals surface area contributed by atoms with Gasteiger partial charge in [0.15, 0.2) is 0 Å². The monoisotopic (exact) mass is 351 g/mol. The quantitative estimate of drug-likeness (QED) is 0.742. The summed E-state index contributed by atoms with van der Waals surface area (Å²) in [5, 5.41) is 0. The fraction of sp³-hybridized carbons (Fsp3) is 0.143. The highest BCUT2D eigenvalue weighted by Gasteiger charge is 2.24. The van der Waals surface area contributed by atoms with Crippen LogP contribution in [0.2, 0.25) is 0 Å². The van der Waals surface area contributed by atoms with Crippen LogP contribution < -0.4 is 4.72 Å². The van der Waals surface area contributed by atoms with Gasteiger partial charge in [0.05, 0.1) is 10.9 Å². The van der Waals surface area contributed by atoms with E-state index in [1.807, 2.05) is 86.6 Å². The molecule has 0 aliphatic heterocycles. The molecule has 25 heavy (non-hydrogen) atoms. The summed E-state index contributed by atoms with van der Waals surface area (Å²) < 4.78 is 29.0. The Labute approximate surface area is 149 Å². The van der Waals surface area contributed by atoms with E-state index in [0.717, 1.165) is 22.3 Å². The van der Waals surface area contributed by atoms with Crippen LogP contribution in [0, 0.1) is 13.8 Å². The molecule has 0 saturated heterocycles. The van der Waals surface area contributed by atoms with Crippen molar-refractivity contribution in [2.75, 3.05) is 0 Å². The third-order valence-electron chi connectivity index (χ3n) is 4.17. The van der Waals surface area contributed by atoms with Gasteiger partial charge in [-0.25, -0.2) is 8.42 Å². The number of benzene rings is 3. The Morgan fingerprint density at radius 3 is 1.80 bits per heavy atom. The van der Waals surface area contributed by atoms with Crippen molar-refractivity contribution in [1.29, 1.82) is 0 Å². The first-order valence-electron chi connectivity index (χ1n) is 8.17. The summed E-state index contributed by atoms with van der Waals surface area (Å²) in [7, 11) is -3.66. The van der Waals surface area contributed by atoms with Crippen LogP contribution >= 0.6 is 0 Å². The number of hydrogen-bond acceptors (Lipinski definition) is 2. The summed E-state index contributed by atoms with van der Waals surface area (Å²) in [6.07, 6.45) is 0. The van der Waals surface area contributed by atoms with Gasteiger partial charge in [0.25, 0.3) is 0 Å². The Balaban J connectivity index is 2.05. The minimum Gasteiger partial charge on any atom is -0.207 e. The molecule has 0 aromatic heterocycles. The molecule has 3 nitrogen and oxygen atoms in total. The second kappa shape index (κ2) is 7.21. The largest absolute Gasteiger partial charge is 0.241 e. The molecule has 0 spiro atoms. The molecule has 0 radical (unpaired) electrons. The fourth-order valence-corrected chi connectivity index (χ4v) is 4.38. The molecule has 0 aliphatic carbocycles. The highest BCUT2D eigenvalue weighted by molar-refractivity contribution is 7.89. The first-order chi connectivity index (χ1) is 12.0. The molecule has 0 aliphatic rings. The van der Waals surface area contributed by atoms with Gasteiger partial charge in [0, 0.05) is 0 Å². The van der Waals surface area contributed by atoms with E-state index in [0.29, 0.717) is 4.90 Å². The van der Waals surface area contributed by atoms with Crippen LogP contribution in [0.25, 0.3) is 0 Å². The highest BCUT2D eigenvalue weighted by atomic mass is 32.2. The predicted molar refractivity (Wildman–Crippen MR) is 101 cm³/mol. The molecular weight excluding hydrogens is 330 g/mol. The lowest BCUT2D eigenvalue weighted by atomic mass is 10.00. The van der Waals surface area contributed by atoms with Gasteiger partial charge in [0.1, 0.15) is 0 Å². The van der Waals surface area contributed by atoms with Crippen LogP contribution in [0.1, 0.15) is 28.3 Å². The molecule has 1 N–H and O–H groups in total. The summed E-state index contributed by atoms with van der Waals surface area (Å²) in [5.74, 6) is 0. The van der Waals surface area contributed by atoms with E-state index in [1.165, 1.54) is 0 Å². The number of nitrogens with one attached hydrogen (secondary N) is 1. The van der Waals surface area contributed by atoms with E-state index in [2.05, 4.69) is 4.72 Å². The third kappa shape index (κ3) is 3.98. The third-order valence-corrected chi connectivity index (χ3v) is 5.74. The van der Waals surface area contributed by atoms with E-state index in [1.54, 1.807) is 6.07 Å². The topological polar surface area (TPSA) is 46.2 Å². The lowest BCUT2D eigenvalue weighted by Crippen LogP contribution is -2.30. The zero-order chi connectivity index (χ0) is 17.9. The molecule has 0 bridgehead atoms. The second-order valence-electron chi connectivity index (χ2n) is 6.14. The van der Waals surface area contributed by atoms with E-state index in [4.69, 9.17) is 0 Å². The zero-order valence-corrected chi connectivity index (χ0v) is 15.1. The Kier molecular flexibility index (Phi) is 5.02. The average Bonchev–Trinajstić information content (AvgIpc) is 2.63. The van der Waals surface area contributed by atoms with Crippen LogP contribution in [-0.4, -0.2) is 8.42 Å². The minimum atomic E-state index is -3.66. The Morgan fingerprint density at radius 1 is 0.760 bits per heavy atom. The zero-order valence-electron chi connectivity index (χ0n) is 14.3. The Morgan fingerprint density at radius 2 is 1.28 bits per heavy atom. The predicted octanol–water partition coefficient (Wildman–Crippen LogP) is 4.37.